The number of carbonyl (C=O) groups is 2. The molecule has 0 amide bonds. The van der Waals surface area contributed by atoms with Gasteiger partial charge in [0, 0.05) is 19.9 Å². The second-order valence-electron chi connectivity index (χ2n) is 6.19. The third-order valence-corrected chi connectivity index (χ3v) is 5.21. The highest BCUT2D eigenvalue weighted by Crippen LogP contribution is 2.43. The molecule has 1 aliphatic rings. The van der Waals surface area contributed by atoms with E-state index in [0.29, 0.717) is 22.0 Å². The standard InChI is InChI=1S/C20H23Cl2NO6/c1-11-15(19(24)28-4)16(12-6-5-7-13(21)18(12)22)17(14(23-11)10-27-3)20(25)29-9-8-26-2/h5-7,16,23H,8-10H2,1-4H3. The van der Waals surface area contributed by atoms with E-state index in [-0.39, 0.29) is 36.0 Å². The predicted octanol–water partition coefficient (Wildman–Crippen LogP) is 3.22. The molecular weight excluding hydrogens is 421 g/mol. The van der Waals surface area contributed by atoms with Crippen LogP contribution in [-0.2, 0) is 28.5 Å². The summed E-state index contributed by atoms with van der Waals surface area (Å²) in [7, 11) is 4.27. The van der Waals surface area contributed by atoms with E-state index in [2.05, 4.69) is 5.32 Å². The largest absolute Gasteiger partial charge is 0.466 e. The van der Waals surface area contributed by atoms with Crippen LogP contribution in [0.25, 0.3) is 0 Å². The van der Waals surface area contributed by atoms with Crippen LogP contribution in [0.5, 0.6) is 0 Å². The number of halogens is 2. The van der Waals surface area contributed by atoms with E-state index in [9.17, 15) is 9.59 Å². The van der Waals surface area contributed by atoms with Gasteiger partial charge >= 0.3 is 11.9 Å². The Morgan fingerprint density at radius 2 is 1.76 bits per heavy atom. The number of nitrogens with one attached hydrogen (secondary N) is 1. The Morgan fingerprint density at radius 3 is 2.38 bits per heavy atom. The van der Waals surface area contributed by atoms with Gasteiger partial charge < -0.3 is 24.3 Å². The molecule has 29 heavy (non-hydrogen) atoms. The van der Waals surface area contributed by atoms with Crippen molar-refractivity contribution in [2.24, 2.45) is 0 Å². The van der Waals surface area contributed by atoms with Gasteiger partial charge in [-0.15, -0.1) is 0 Å². The fraction of sp³-hybridized carbons (Fsp3) is 0.400. The van der Waals surface area contributed by atoms with E-state index in [0.717, 1.165) is 0 Å². The quantitative estimate of drug-likeness (QED) is 0.487. The van der Waals surface area contributed by atoms with Gasteiger partial charge in [-0.05, 0) is 18.6 Å². The van der Waals surface area contributed by atoms with Crippen LogP contribution in [0, 0.1) is 0 Å². The van der Waals surface area contributed by atoms with Gasteiger partial charge in [-0.3, -0.25) is 0 Å². The van der Waals surface area contributed by atoms with Gasteiger partial charge in [-0.2, -0.15) is 0 Å². The number of esters is 2. The molecule has 0 saturated carbocycles. The number of hydrogen-bond acceptors (Lipinski definition) is 7. The predicted molar refractivity (Wildman–Crippen MR) is 109 cm³/mol. The zero-order valence-electron chi connectivity index (χ0n) is 16.6. The van der Waals surface area contributed by atoms with Crippen LogP contribution < -0.4 is 5.32 Å². The maximum Gasteiger partial charge on any atom is 0.336 e. The second-order valence-corrected chi connectivity index (χ2v) is 6.97. The number of dihydropyridines is 1. The van der Waals surface area contributed by atoms with Crippen LogP contribution in [0.2, 0.25) is 10.0 Å². The van der Waals surface area contributed by atoms with Gasteiger partial charge in [0.05, 0.1) is 53.1 Å². The Labute approximate surface area is 179 Å². The summed E-state index contributed by atoms with van der Waals surface area (Å²) in [5, 5.41) is 3.59. The zero-order chi connectivity index (χ0) is 21.6. The Morgan fingerprint density at radius 1 is 1.03 bits per heavy atom. The summed E-state index contributed by atoms with van der Waals surface area (Å²) in [5.41, 5.74) is 1.88. The lowest BCUT2D eigenvalue weighted by molar-refractivity contribution is -0.140. The van der Waals surface area contributed by atoms with Crippen molar-refractivity contribution in [1.82, 2.24) is 5.32 Å². The van der Waals surface area contributed by atoms with Gasteiger partial charge in [0.1, 0.15) is 6.61 Å². The van der Waals surface area contributed by atoms with E-state index >= 15 is 0 Å². The Balaban J connectivity index is 2.69. The van der Waals surface area contributed by atoms with Crippen molar-refractivity contribution in [1.29, 1.82) is 0 Å². The Bertz CT molecular complexity index is 849. The van der Waals surface area contributed by atoms with Crippen molar-refractivity contribution in [3.05, 3.63) is 56.3 Å². The molecule has 1 aliphatic heterocycles. The Hall–Kier alpha value is -2.06. The molecule has 1 N–H and O–H groups in total. The van der Waals surface area contributed by atoms with E-state index in [1.807, 2.05) is 0 Å². The molecule has 0 aliphatic carbocycles. The van der Waals surface area contributed by atoms with Gasteiger partial charge in [-0.1, -0.05) is 35.3 Å². The SMILES string of the molecule is COCCOC(=O)C1=C(COC)NC(C)=C(C(=O)OC)C1c1cccc(Cl)c1Cl. The molecule has 0 radical (unpaired) electrons. The van der Waals surface area contributed by atoms with Crippen molar-refractivity contribution in [2.75, 3.05) is 41.2 Å². The molecule has 7 nitrogen and oxygen atoms in total. The third-order valence-electron chi connectivity index (χ3n) is 4.37. The number of allylic oxidation sites excluding steroid dienone is 1. The van der Waals surface area contributed by atoms with Gasteiger partial charge in [-0.25, -0.2) is 9.59 Å². The van der Waals surface area contributed by atoms with E-state index < -0.39 is 17.9 Å². The summed E-state index contributed by atoms with van der Waals surface area (Å²) >= 11 is 12.7. The Kier molecular flexibility index (Phi) is 8.52. The molecule has 0 fully saturated rings. The minimum Gasteiger partial charge on any atom is -0.466 e. The van der Waals surface area contributed by atoms with Crippen LogP contribution in [0.15, 0.2) is 40.7 Å². The normalized spacial score (nSPS) is 16.6. The molecule has 1 atom stereocenters. The molecule has 0 aromatic heterocycles. The number of hydrogen-bond donors (Lipinski definition) is 1. The first-order valence-corrected chi connectivity index (χ1v) is 9.50. The average Bonchev–Trinajstić information content (AvgIpc) is 2.69. The smallest absolute Gasteiger partial charge is 0.336 e. The maximum atomic E-state index is 13.0. The maximum absolute atomic E-state index is 13.0. The molecule has 0 bridgehead atoms. The highest BCUT2D eigenvalue weighted by Gasteiger charge is 2.40. The molecule has 0 spiro atoms. The molecular formula is C20H23Cl2NO6. The zero-order valence-corrected chi connectivity index (χ0v) is 18.1. The van der Waals surface area contributed by atoms with Gasteiger partial charge in [0.15, 0.2) is 0 Å². The monoisotopic (exact) mass is 443 g/mol. The van der Waals surface area contributed by atoms with Crippen molar-refractivity contribution >= 4 is 35.1 Å². The first kappa shape index (κ1) is 23.2. The van der Waals surface area contributed by atoms with Crippen molar-refractivity contribution in [2.45, 2.75) is 12.8 Å². The first-order valence-electron chi connectivity index (χ1n) is 8.75. The molecule has 1 aromatic rings. The van der Waals surface area contributed by atoms with Gasteiger partial charge in [0.25, 0.3) is 0 Å². The number of methoxy groups -OCH3 is 3. The fourth-order valence-corrected chi connectivity index (χ4v) is 3.54. The third kappa shape index (κ3) is 5.11. The minimum atomic E-state index is -0.852. The summed E-state index contributed by atoms with van der Waals surface area (Å²) < 4.78 is 20.5. The lowest BCUT2D eigenvalue weighted by Gasteiger charge is -2.31. The number of carbonyl (C=O) groups excluding carboxylic acids is 2. The summed E-state index contributed by atoms with van der Waals surface area (Å²) in [6, 6.07) is 5.02. The minimum absolute atomic E-state index is 0.0470. The highest BCUT2D eigenvalue weighted by molar-refractivity contribution is 6.42. The van der Waals surface area contributed by atoms with E-state index in [4.69, 9.17) is 42.1 Å². The highest BCUT2D eigenvalue weighted by atomic mass is 35.5. The number of rotatable bonds is 8. The lowest BCUT2D eigenvalue weighted by atomic mass is 9.80. The molecule has 0 saturated heterocycles. The number of benzene rings is 1. The molecule has 2 rings (SSSR count). The van der Waals surface area contributed by atoms with Crippen molar-refractivity contribution < 1.29 is 28.5 Å². The molecule has 1 heterocycles. The number of ether oxygens (including phenoxy) is 4. The second kappa shape index (κ2) is 10.6. The summed E-state index contributed by atoms with van der Waals surface area (Å²) in [4.78, 5) is 25.6. The van der Waals surface area contributed by atoms with Crippen LogP contribution in [0.1, 0.15) is 18.4 Å². The van der Waals surface area contributed by atoms with Crippen molar-refractivity contribution in [3.63, 3.8) is 0 Å². The summed E-state index contributed by atoms with van der Waals surface area (Å²) in [6.07, 6.45) is 0. The molecule has 9 heteroatoms. The molecule has 158 valence electrons. The molecule has 1 unspecified atom stereocenters. The van der Waals surface area contributed by atoms with Crippen LogP contribution in [0.4, 0.5) is 0 Å². The topological polar surface area (TPSA) is 83.1 Å². The van der Waals surface area contributed by atoms with E-state index in [1.54, 1.807) is 25.1 Å². The fourth-order valence-electron chi connectivity index (χ4n) is 3.13. The van der Waals surface area contributed by atoms with Gasteiger partial charge in [0.2, 0.25) is 0 Å². The summed E-state index contributed by atoms with van der Waals surface area (Å²) in [5.74, 6) is -2.08. The lowest BCUT2D eigenvalue weighted by Crippen LogP contribution is -2.35. The first-order chi connectivity index (χ1) is 13.9. The van der Waals surface area contributed by atoms with Crippen LogP contribution in [-0.4, -0.2) is 53.1 Å². The van der Waals surface area contributed by atoms with Crippen molar-refractivity contribution in [3.8, 4) is 0 Å². The summed E-state index contributed by atoms with van der Waals surface area (Å²) in [6.45, 7) is 2.08. The van der Waals surface area contributed by atoms with Crippen LogP contribution >= 0.6 is 23.2 Å². The molecule has 1 aromatic carbocycles. The van der Waals surface area contributed by atoms with E-state index in [1.165, 1.54) is 21.3 Å². The van der Waals surface area contributed by atoms with Crippen LogP contribution in [0.3, 0.4) is 0 Å². The average molecular weight is 444 g/mol.